The normalized spacial score (nSPS) is 10.7. The number of benzene rings is 2. The van der Waals surface area contributed by atoms with Crippen LogP contribution in [0.2, 0.25) is 0 Å². The first-order valence-corrected chi connectivity index (χ1v) is 9.22. The van der Waals surface area contributed by atoms with Crippen molar-refractivity contribution in [2.24, 2.45) is 0 Å². The number of carbonyl (C=O) groups excluding carboxylic acids is 1. The van der Waals surface area contributed by atoms with Crippen LogP contribution in [0.1, 0.15) is 21.6 Å². The monoisotopic (exact) mass is 387 g/mol. The van der Waals surface area contributed by atoms with E-state index < -0.39 is 0 Å². The highest BCUT2D eigenvalue weighted by molar-refractivity contribution is 6.05. The van der Waals surface area contributed by atoms with Gasteiger partial charge in [-0.1, -0.05) is 41.6 Å². The van der Waals surface area contributed by atoms with E-state index in [1.807, 2.05) is 84.5 Å². The Hall–Kier alpha value is -3.87. The summed E-state index contributed by atoms with van der Waals surface area (Å²) in [4.78, 5) is 13.1. The highest BCUT2D eigenvalue weighted by atomic mass is 16.5. The quantitative estimate of drug-likeness (QED) is 0.548. The summed E-state index contributed by atoms with van der Waals surface area (Å²) in [6, 6.07) is 19.3. The SMILES string of the molecule is COc1ccc(C)cc1NC(=O)c1nnn(Cc2ccccc2)c1-n1cccc1. The zero-order chi connectivity index (χ0) is 20.2. The summed E-state index contributed by atoms with van der Waals surface area (Å²) in [5.41, 5.74) is 2.91. The van der Waals surface area contributed by atoms with E-state index in [0.29, 0.717) is 23.8 Å². The maximum absolute atomic E-state index is 13.1. The van der Waals surface area contributed by atoms with Gasteiger partial charge in [0, 0.05) is 12.4 Å². The van der Waals surface area contributed by atoms with Crippen LogP contribution in [-0.2, 0) is 6.54 Å². The molecular weight excluding hydrogens is 366 g/mol. The van der Waals surface area contributed by atoms with Gasteiger partial charge < -0.3 is 14.6 Å². The van der Waals surface area contributed by atoms with Gasteiger partial charge in [-0.15, -0.1) is 5.10 Å². The number of nitrogens with zero attached hydrogens (tertiary/aromatic N) is 4. The van der Waals surface area contributed by atoms with E-state index in [1.54, 1.807) is 11.8 Å². The fourth-order valence-electron chi connectivity index (χ4n) is 3.15. The Morgan fingerprint density at radius 2 is 1.83 bits per heavy atom. The number of amides is 1. The molecule has 4 rings (SSSR count). The van der Waals surface area contributed by atoms with Gasteiger partial charge in [0.05, 0.1) is 19.3 Å². The van der Waals surface area contributed by atoms with Gasteiger partial charge in [-0.05, 0) is 42.3 Å². The van der Waals surface area contributed by atoms with E-state index in [0.717, 1.165) is 11.1 Å². The summed E-state index contributed by atoms with van der Waals surface area (Å²) < 4.78 is 8.92. The third-order valence-electron chi connectivity index (χ3n) is 4.55. The number of nitrogens with one attached hydrogen (secondary N) is 1. The molecule has 1 amide bonds. The van der Waals surface area contributed by atoms with Gasteiger partial charge >= 0.3 is 0 Å². The maximum Gasteiger partial charge on any atom is 0.280 e. The number of aromatic nitrogens is 4. The number of rotatable bonds is 6. The minimum Gasteiger partial charge on any atom is -0.495 e. The van der Waals surface area contributed by atoms with Crippen molar-refractivity contribution in [3.05, 3.63) is 89.9 Å². The third-order valence-corrected chi connectivity index (χ3v) is 4.55. The number of carbonyl (C=O) groups is 1. The van der Waals surface area contributed by atoms with Crippen molar-refractivity contribution in [2.45, 2.75) is 13.5 Å². The number of hydrogen-bond donors (Lipinski definition) is 1. The van der Waals surface area contributed by atoms with Crippen molar-refractivity contribution in [2.75, 3.05) is 12.4 Å². The number of hydrogen-bond acceptors (Lipinski definition) is 4. The summed E-state index contributed by atoms with van der Waals surface area (Å²) in [6.45, 7) is 2.46. The molecule has 146 valence electrons. The Kier molecular flexibility index (Phi) is 5.11. The Bertz CT molecular complexity index is 1120. The fourth-order valence-corrected chi connectivity index (χ4v) is 3.15. The Morgan fingerprint density at radius 3 is 2.55 bits per heavy atom. The Balaban J connectivity index is 1.70. The van der Waals surface area contributed by atoms with Crippen molar-refractivity contribution < 1.29 is 9.53 Å². The largest absolute Gasteiger partial charge is 0.495 e. The van der Waals surface area contributed by atoms with Crippen LogP contribution in [0, 0.1) is 6.92 Å². The first-order chi connectivity index (χ1) is 14.2. The second-order valence-electron chi connectivity index (χ2n) is 6.65. The highest BCUT2D eigenvalue weighted by Gasteiger charge is 2.22. The van der Waals surface area contributed by atoms with Crippen molar-refractivity contribution in [3.63, 3.8) is 0 Å². The second kappa shape index (κ2) is 8.02. The molecule has 2 aromatic heterocycles. The first kappa shape index (κ1) is 18.5. The molecule has 0 saturated heterocycles. The second-order valence-corrected chi connectivity index (χ2v) is 6.65. The lowest BCUT2D eigenvalue weighted by Crippen LogP contribution is -2.17. The smallest absolute Gasteiger partial charge is 0.280 e. The number of anilines is 1. The molecular formula is C22H21N5O2. The van der Waals surface area contributed by atoms with Gasteiger partial charge in [0.1, 0.15) is 5.75 Å². The summed E-state index contributed by atoms with van der Waals surface area (Å²) in [5.74, 6) is 0.836. The predicted octanol–water partition coefficient (Wildman–Crippen LogP) is 3.69. The zero-order valence-electron chi connectivity index (χ0n) is 16.2. The van der Waals surface area contributed by atoms with Gasteiger partial charge in [-0.3, -0.25) is 4.79 Å². The molecule has 29 heavy (non-hydrogen) atoms. The van der Waals surface area contributed by atoms with Crippen LogP contribution in [0.5, 0.6) is 5.75 Å². The Morgan fingerprint density at radius 1 is 1.07 bits per heavy atom. The minimum absolute atomic E-state index is 0.237. The number of methoxy groups -OCH3 is 1. The molecule has 0 unspecified atom stereocenters. The van der Waals surface area contributed by atoms with Crippen molar-refractivity contribution in [1.82, 2.24) is 19.6 Å². The maximum atomic E-state index is 13.1. The average Bonchev–Trinajstić information content (AvgIpc) is 3.38. The lowest BCUT2D eigenvalue weighted by atomic mass is 10.2. The average molecular weight is 387 g/mol. The van der Waals surface area contributed by atoms with Crippen LogP contribution in [0.25, 0.3) is 5.82 Å². The Labute approximate surface area is 168 Å². The topological polar surface area (TPSA) is 74.0 Å². The van der Waals surface area contributed by atoms with Gasteiger partial charge in [0.15, 0.2) is 11.5 Å². The highest BCUT2D eigenvalue weighted by Crippen LogP contribution is 2.26. The first-order valence-electron chi connectivity index (χ1n) is 9.22. The summed E-state index contributed by atoms with van der Waals surface area (Å²) in [7, 11) is 1.57. The van der Waals surface area contributed by atoms with Crippen LogP contribution in [0.3, 0.4) is 0 Å². The molecule has 0 spiro atoms. The molecule has 0 aliphatic heterocycles. The van der Waals surface area contributed by atoms with Crippen molar-refractivity contribution in [1.29, 1.82) is 0 Å². The van der Waals surface area contributed by atoms with E-state index in [4.69, 9.17) is 4.74 Å². The van der Waals surface area contributed by atoms with E-state index in [2.05, 4.69) is 15.6 Å². The van der Waals surface area contributed by atoms with Crippen LogP contribution in [0.4, 0.5) is 5.69 Å². The molecule has 4 aromatic rings. The van der Waals surface area contributed by atoms with Crippen LogP contribution < -0.4 is 10.1 Å². The van der Waals surface area contributed by atoms with E-state index >= 15 is 0 Å². The van der Waals surface area contributed by atoms with Crippen LogP contribution in [-0.4, -0.2) is 32.6 Å². The summed E-state index contributed by atoms with van der Waals surface area (Å²) in [5, 5.41) is 11.3. The molecule has 7 nitrogen and oxygen atoms in total. The van der Waals surface area contributed by atoms with Crippen molar-refractivity contribution in [3.8, 4) is 11.6 Å². The van der Waals surface area contributed by atoms with E-state index in [1.165, 1.54) is 0 Å². The molecule has 0 radical (unpaired) electrons. The lowest BCUT2D eigenvalue weighted by molar-refractivity contribution is 0.102. The number of ether oxygens (including phenoxy) is 1. The molecule has 0 aliphatic rings. The number of aryl methyl sites for hydroxylation is 1. The third kappa shape index (κ3) is 3.89. The summed E-state index contributed by atoms with van der Waals surface area (Å²) >= 11 is 0. The van der Waals surface area contributed by atoms with Crippen LogP contribution in [0.15, 0.2) is 73.1 Å². The van der Waals surface area contributed by atoms with E-state index in [-0.39, 0.29) is 11.6 Å². The molecule has 0 aliphatic carbocycles. The molecule has 2 heterocycles. The molecule has 0 fully saturated rings. The summed E-state index contributed by atoms with van der Waals surface area (Å²) in [6.07, 6.45) is 3.73. The molecule has 0 bridgehead atoms. The van der Waals surface area contributed by atoms with Gasteiger partial charge in [0.2, 0.25) is 0 Å². The lowest BCUT2D eigenvalue weighted by Gasteiger charge is -2.12. The zero-order valence-corrected chi connectivity index (χ0v) is 16.2. The standard InChI is InChI=1S/C22H21N5O2/c1-16-10-11-19(29-2)18(14-16)23-21(28)20-22(26-12-6-7-13-26)27(25-24-20)15-17-8-4-3-5-9-17/h3-14H,15H2,1-2H3,(H,23,28). The van der Waals surface area contributed by atoms with Gasteiger partial charge in [-0.2, -0.15) is 0 Å². The predicted molar refractivity (Wildman–Crippen MR) is 111 cm³/mol. The molecule has 1 N–H and O–H groups in total. The van der Waals surface area contributed by atoms with Crippen molar-refractivity contribution >= 4 is 11.6 Å². The molecule has 2 aromatic carbocycles. The van der Waals surface area contributed by atoms with E-state index in [9.17, 15) is 4.79 Å². The molecule has 0 atom stereocenters. The van der Waals surface area contributed by atoms with Crippen LogP contribution >= 0.6 is 0 Å². The van der Waals surface area contributed by atoms with Gasteiger partial charge in [-0.25, -0.2) is 4.68 Å². The fraction of sp³-hybridized carbons (Fsp3) is 0.136. The molecule has 0 saturated carbocycles. The molecule has 7 heteroatoms. The minimum atomic E-state index is -0.350. The van der Waals surface area contributed by atoms with Gasteiger partial charge in [0.25, 0.3) is 5.91 Å².